The number of fused-ring (bicyclic) bond motifs is 2. The number of amides is 6. The summed E-state index contributed by atoms with van der Waals surface area (Å²) in [6.07, 6.45) is 6.65. The van der Waals surface area contributed by atoms with Crippen LogP contribution in [0, 0.1) is 0 Å². The highest BCUT2D eigenvalue weighted by molar-refractivity contribution is 8.00. The zero-order chi connectivity index (χ0) is 34.5. The molecule has 6 atom stereocenters. The molecule has 0 aromatic rings. The van der Waals surface area contributed by atoms with E-state index in [2.05, 4.69) is 31.9 Å². The van der Waals surface area contributed by atoms with E-state index < -0.39 is 0 Å². The normalized spacial score (nSPS) is 25.3. The van der Waals surface area contributed by atoms with Gasteiger partial charge in [-0.1, -0.05) is 12.8 Å². The Labute approximate surface area is 298 Å². The third-order valence-electron chi connectivity index (χ3n) is 8.79. The molecule has 0 bridgehead atoms. The molecular weight excluding hydrogens is 677 g/mol. The summed E-state index contributed by atoms with van der Waals surface area (Å²) in [6, 6.07) is 0.805. The monoisotopic (exact) mass is 732 g/mol. The summed E-state index contributed by atoms with van der Waals surface area (Å²) in [5, 5.41) is 18.6. The molecule has 0 aromatic carbocycles. The van der Waals surface area contributed by atoms with Crippen LogP contribution in [0.3, 0.4) is 0 Å². The molecule has 49 heavy (non-hydrogen) atoms. The third kappa shape index (κ3) is 15.4. The molecule has 4 aliphatic heterocycles. The first-order valence-corrected chi connectivity index (χ1v) is 19.9. The highest BCUT2D eigenvalue weighted by Gasteiger charge is 2.43. The molecule has 4 fully saturated rings. The molecule has 280 valence electrons. The molecule has 15 nitrogen and oxygen atoms in total. The van der Waals surface area contributed by atoms with Gasteiger partial charge in [0.15, 0.2) is 0 Å². The van der Waals surface area contributed by atoms with Gasteiger partial charge in [-0.2, -0.15) is 23.5 Å². The van der Waals surface area contributed by atoms with Crippen LogP contribution in [0.15, 0.2) is 0 Å². The van der Waals surface area contributed by atoms with Crippen molar-refractivity contribution in [1.29, 1.82) is 0 Å². The van der Waals surface area contributed by atoms with Crippen molar-refractivity contribution >= 4 is 47.4 Å². The second kappa shape index (κ2) is 23.5. The van der Waals surface area contributed by atoms with E-state index in [1.807, 2.05) is 23.5 Å². The van der Waals surface area contributed by atoms with Crippen LogP contribution in [0.5, 0.6) is 0 Å². The average Bonchev–Trinajstić information content (AvgIpc) is 3.84. The first-order chi connectivity index (χ1) is 24.0. The van der Waals surface area contributed by atoms with Gasteiger partial charge in [-0.25, -0.2) is 9.59 Å². The minimum atomic E-state index is -0.0622. The van der Waals surface area contributed by atoms with E-state index in [0.717, 1.165) is 50.0 Å². The van der Waals surface area contributed by atoms with Crippen molar-refractivity contribution in [2.75, 3.05) is 90.7 Å². The lowest BCUT2D eigenvalue weighted by atomic mass is 10.0. The van der Waals surface area contributed by atoms with Gasteiger partial charge in [0.2, 0.25) is 11.8 Å². The van der Waals surface area contributed by atoms with Gasteiger partial charge in [0, 0.05) is 47.9 Å². The minimum Gasteiger partial charge on any atom is -0.377 e. The Morgan fingerprint density at radius 2 is 0.918 bits per heavy atom. The molecule has 0 spiro atoms. The number of urea groups is 2. The molecule has 0 aliphatic carbocycles. The van der Waals surface area contributed by atoms with Crippen molar-refractivity contribution in [1.82, 2.24) is 31.9 Å². The lowest BCUT2D eigenvalue weighted by Crippen LogP contribution is -2.36. The topological polar surface area (TPSA) is 187 Å². The van der Waals surface area contributed by atoms with Crippen LogP contribution in [-0.2, 0) is 33.3 Å². The number of hydrogen-bond donors (Lipinski definition) is 6. The summed E-state index contributed by atoms with van der Waals surface area (Å²) < 4.78 is 27.5. The number of rotatable bonds is 28. The van der Waals surface area contributed by atoms with Crippen molar-refractivity contribution < 1.29 is 42.9 Å². The van der Waals surface area contributed by atoms with Crippen LogP contribution in [0.25, 0.3) is 0 Å². The van der Waals surface area contributed by atoms with E-state index in [9.17, 15) is 19.2 Å². The number of carbonyl (C=O) groups is 4. The average molecular weight is 733 g/mol. The molecule has 4 heterocycles. The first kappa shape index (κ1) is 39.8. The lowest BCUT2D eigenvalue weighted by Gasteiger charge is -2.16. The highest BCUT2D eigenvalue weighted by Crippen LogP contribution is 2.34. The summed E-state index contributed by atoms with van der Waals surface area (Å²) >= 11 is 3.80. The van der Waals surface area contributed by atoms with E-state index >= 15 is 0 Å². The van der Waals surface area contributed by atoms with Crippen LogP contribution in [0.1, 0.15) is 51.4 Å². The predicted octanol–water partition coefficient (Wildman–Crippen LogP) is 0.753. The summed E-state index contributed by atoms with van der Waals surface area (Å²) in [6.45, 7) is 5.56. The molecule has 0 radical (unpaired) electrons. The van der Waals surface area contributed by atoms with Crippen molar-refractivity contribution in [3.05, 3.63) is 0 Å². The fourth-order valence-corrected chi connectivity index (χ4v) is 9.32. The van der Waals surface area contributed by atoms with Crippen LogP contribution in [0.2, 0.25) is 0 Å². The number of thioether (sulfide) groups is 2. The van der Waals surface area contributed by atoms with Gasteiger partial charge in [-0.05, 0) is 25.7 Å². The van der Waals surface area contributed by atoms with Crippen molar-refractivity contribution in [3.8, 4) is 0 Å². The summed E-state index contributed by atoms with van der Waals surface area (Å²) in [4.78, 5) is 47.0. The maximum absolute atomic E-state index is 12.0. The molecule has 17 heteroatoms. The Morgan fingerprint density at radius 3 is 1.31 bits per heavy atom. The largest absolute Gasteiger partial charge is 0.377 e. The molecule has 6 amide bonds. The molecule has 4 aliphatic rings. The van der Waals surface area contributed by atoms with E-state index in [1.165, 1.54) is 0 Å². The number of unbranched alkanes of at least 4 members (excludes halogenated alkanes) is 2. The van der Waals surface area contributed by atoms with Gasteiger partial charge in [-0.3, -0.25) is 9.59 Å². The summed E-state index contributed by atoms with van der Waals surface area (Å²) in [5.41, 5.74) is 0. The maximum atomic E-state index is 12.0. The fraction of sp³-hybridized carbons (Fsp3) is 0.875. The van der Waals surface area contributed by atoms with Crippen molar-refractivity contribution in [2.24, 2.45) is 0 Å². The Hall–Kier alpha value is -2.02. The minimum absolute atomic E-state index is 0.0400. The van der Waals surface area contributed by atoms with Gasteiger partial charge >= 0.3 is 12.1 Å². The number of hydrogen-bond acceptors (Lipinski definition) is 11. The molecule has 4 rings (SSSR count). The standard InChI is InChI=1S/C32H56N6O9S2/c39-27(7-3-1-5-25-29-23(21-48-25)35-31(41)37-29)33-9-11-43-13-15-45-17-19-47-20-18-46-16-14-44-12-10-34-28(40)8-4-2-6-26-30-24(22-49-26)36-32(42)38-30/h23-26,29-30H,1-22H2,(H,33,39)(H,34,40)(H2,35,37,41)(H2,36,38,42)/t23-,24-,25-,26-,29-,30-/m0/s1. The number of nitrogens with one attached hydrogen (secondary N) is 6. The number of ether oxygens (including phenoxy) is 5. The van der Waals surface area contributed by atoms with Gasteiger partial charge in [-0.15, -0.1) is 0 Å². The van der Waals surface area contributed by atoms with E-state index in [4.69, 9.17) is 23.7 Å². The van der Waals surface area contributed by atoms with Crippen LogP contribution >= 0.6 is 23.5 Å². The lowest BCUT2D eigenvalue weighted by molar-refractivity contribution is -0.122. The van der Waals surface area contributed by atoms with E-state index in [1.54, 1.807) is 0 Å². The molecular formula is C32H56N6O9S2. The molecule has 0 saturated carbocycles. The molecule has 0 aromatic heterocycles. The Bertz CT molecular complexity index is 942. The highest BCUT2D eigenvalue weighted by atomic mass is 32.2. The fourth-order valence-electron chi connectivity index (χ4n) is 6.23. The third-order valence-corrected chi connectivity index (χ3v) is 11.8. The van der Waals surface area contributed by atoms with Crippen LogP contribution in [0.4, 0.5) is 9.59 Å². The molecule has 4 saturated heterocycles. The summed E-state index contributed by atoms with van der Waals surface area (Å²) in [5.74, 6) is 2.00. The SMILES string of the molecule is O=C(CCCC[C@@H]1SC[C@@H]2NC(=O)N[C@@H]21)NCCOCCOCCOCCOCCOCCNC(=O)CCCC[C@@H]1SC[C@@H]2NC(=O)N[C@@H]21. The number of carbonyl (C=O) groups excluding carboxylic acids is 4. The Balaban J connectivity index is 0.794. The Kier molecular flexibility index (Phi) is 19.0. The quantitative estimate of drug-likeness (QED) is 0.0493. The van der Waals surface area contributed by atoms with E-state index in [-0.39, 0.29) is 48.0 Å². The first-order valence-electron chi connectivity index (χ1n) is 17.8. The zero-order valence-electron chi connectivity index (χ0n) is 28.5. The zero-order valence-corrected chi connectivity index (χ0v) is 30.1. The van der Waals surface area contributed by atoms with Crippen LogP contribution in [-0.4, -0.2) is 149 Å². The van der Waals surface area contributed by atoms with Gasteiger partial charge in [0.1, 0.15) is 0 Å². The van der Waals surface area contributed by atoms with Crippen LogP contribution < -0.4 is 31.9 Å². The maximum Gasteiger partial charge on any atom is 0.315 e. The van der Waals surface area contributed by atoms with Crippen molar-refractivity contribution in [3.63, 3.8) is 0 Å². The second-order valence-corrected chi connectivity index (χ2v) is 15.0. The van der Waals surface area contributed by atoms with Gasteiger partial charge in [0.05, 0.1) is 90.2 Å². The second-order valence-electron chi connectivity index (χ2n) is 12.5. The van der Waals surface area contributed by atoms with Crippen molar-refractivity contribution in [2.45, 2.75) is 86.0 Å². The molecule has 0 unspecified atom stereocenters. The predicted molar refractivity (Wildman–Crippen MR) is 188 cm³/mol. The molecule has 6 N–H and O–H groups in total. The van der Waals surface area contributed by atoms with Gasteiger partial charge < -0.3 is 55.6 Å². The summed E-state index contributed by atoms with van der Waals surface area (Å²) in [7, 11) is 0. The van der Waals surface area contributed by atoms with E-state index in [0.29, 0.717) is 102 Å². The van der Waals surface area contributed by atoms with Gasteiger partial charge in [0.25, 0.3) is 0 Å². The Morgan fingerprint density at radius 1 is 0.551 bits per heavy atom. The smallest absolute Gasteiger partial charge is 0.315 e.